The van der Waals surface area contributed by atoms with Gasteiger partial charge in [0.05, 0.1) is 17.0 Å². The number of benzene rings is 2. The summed E-state index contributed by atoms with van der Waals surface area (Å²) in [7, 11) is 0. The van der Waals surface area contributed by atoms with E-state index in [2.05, 4.69) is 10.5 Å². The van der Waals surface area contributed by atoms with Gasteiger partial charge in [0.15, 0.2) is 0 Å². The van der Waals surface area contributed by atoms with E-state index in [0.29, 0.717) is 5.56 Å². The van der Waals surface area contributed by atoms with E-state index in [0.717, 1.165) is 5.75 Å². The summed E-state index contributed by atoms with van der Waals surface area (Å²) in [6.45, 7) is 1.83. The summed E-state index contributed by atoms with van der Waals surface area (Å²) in [5, 5.41) is 12.5. The molecule has 24 heavy (non-hydrogen) atoms. The molecule has 5 nitrogen and oxygen atoms in total. The van der Waals surface area contributed by atoms with Gasteiger partial charge in [-0.1, -0.05) is 42.5 Å². The van der Waals surface area contributed by atoms with E-state index in [9.17, 15) is 9.59 Å². The fraction of sp³-hybridized carbons (Fsp3) is 0.167. The van der Waals surface area contributed by atoms with Gasteiger partial charge in [0.25, 0.3) is 5.91 Å². The summed E-state index contributed by atoms with van der Waals surface area (Å²) in [5.74, 6) is -0.388. The van der Waals surface area contributed by atoms with Crippen LogP contribution >= 0.6 is 11.8 Å². The Morgan fingerprint density at radius 3 is 2.46 bits per heavy atom. The Morgan fingerprint density at radius 1 is 1.17 bits per heavy atom. The molecule has 2 aromatic carbocycles. The van der Waals surface area contributed by atoms with E-state index in [4.69, 9.17) is 5.11 Å². The Kier molecular flexibility index (Phi) is 6.57. The van der Waals surface area contributed by atoms with Crippen molar-refractivity contribution in [3.05, 3.63) is 71.3 Å². The molecule has 6 heteroatoms. The van der Waals surface area contributed by atoms with Crippen molar-refractivity contribution in [3.63, 3.8) is 0 Å². The number of nitrogens with zero attached hydrogens (tertiary/aromatic N) is 1. The Morgan fingerprint density at radius 2 is 1.83 bits per heavy atom. The minimum atomic E-state index is -0.976. The lowest BCUT2D eigenvalue weighted by molar-refractivity contribution is -0.120. The number of amides is 1. The summed E-state index contributed by atoms with van der Waals surface area (Å²) in [6, 6.07) is 16.2. The number of aromatic carboxylic acids is 1. The second kappa shape index (κ2) is 8.88. The van der Waals surface area contributed by atoms with E-state index in [1.54, 1.807) is 12.1 Å². The first-order valence-electron chi connectivity index (χ1n) is 7.38. The molecule has 2 rings (SSSR count). The number of carbonyl (C=O) groups is 2. The maximum Gasteiger partial charge on any atom is 0.335 e. The fourth-order valence-electron chi connectivity index (χ4n) is 1.84. The Balaban J connectivity index is 1.80. The number of thioether (sulfide) groups is 1. The number of carboxylic acid groups (broad SMARTS) is 1. The molecule has 124 valence electrons. The molecule has 0 fully saturated rings. The summed E-state index contributed by atoms with van der Waals surface area (Å²) in [5.41, 5.74) is 4.59. The molecule has 0 aliphatic heterocycles. The number of hydrazone groups is 1. The SMILES string of the molecule is C[C@@H](SCc1ccccc1)C(=O)N/N=C\c1ccc(C(=O)O)cc1. The average Bonchev–Trinajstić information content (AvgIpc) is 2.61. The van der Waals surface area contributed by atoms with Gasteiger partial charge in [0.2, 0.25) is 0 Å². The van der Waals surface area contributed by atoms with Crippen LogP contribution in [-0.4, -0.2) is 28.4 Å². The highest BCUT2D eigenvalue weighted by Crippen LogP contribution is 2.17. The number of hydrogen-bond donors (Lipinski definition) is 2. The van der Waals surface area contributed by atoms with Crippen LogP contribution in [0.5, 0.6) is 0 Å². The molecule has 0 saturated heterocycles. The van der Waals surface area contributed by atoms with Gasteiger partial charge in [0.1, 0.15) is 0 Å². The molecule has 0 unspecified atom stereocenters. The highest BCUT2D eigenvalue weighted by Gasteiger charge is 2.12. The van der Waals surface area contributed by atoms with Crippen LogP contribution in [0, 0.1) is 0 Å². The van der Waals surface area contributed by atoms with Crippen molar-refractivity contribution in [2.45, 2.75) is 17.9 Å². The van der Waals surface area contributed by atoms with Crippen molar-refractivity contribution in [1.29, 1.82) is 0 Å². The lowest BCUT2D eigenvalue weighted by Gasteiger charge is -2.09. The zero-order valence-corrected chi connectivity index (χ0v) is 14.0. The molecule has 1 atom stereocenters. The highest BCUT2D eigenvalue weighted by atomic mass is 32.2. The van der Waals surface area contributed by atoms with Crippen LogP contribution in [0.4, 0.5) is 0 Å². The quantitative estimate of drug-likeness (QED) is 0.598. The predicted octanol–water partition coefficient (Wildman–Crippen LogP) is 3.16. The monoisotopic (exact) mass is 342 g/mol. The number of carboxylic acids is 1. The third-order valence-corrected chi connectivity index (χ3v) is 4.47. The van der Waals surface area contributed by atoms with Crippen molar-refractivity contribution in [2.75, 3.05) is 0 Å². The van der Waals surface area contributed by atoms with E-state index in [1.807, 2.05) is 37.3 Å². The maximum absolute atomic E-state index is 12.0. The molecular weight excluding hydrogens is 324 g/mol. The van der Waals surface area contributed by atoms with Crippen LogP contribution in [0.3, 0.4) is 0 Å². The Labute approximate surface area is 144 Å². The minimum absolute atomic E-state index is 0.172. The molecule has 0 heterocycles. The third kappa shape index (κ3) is 5.55. The van der Waals surface area contributed by atoms with Gasteiger partial charge >= 0.3 is 5.97 Å². The molecule has 0 aliphatic carbocycles. The summed E-state index contributed by atoms with van der Waals surface area (Å²) in [6.07, 6.45) is 1.48. The Bertz CT molecular complexity index is 715. The molecule has 0 radical (unpaired) electrons. The smallest absolute Gasteiger partial charge is 0.335 e. The van der Waals surface area contributed by atoms with Crippen LogP contribution in [0.2, 0.25) is 0 Å². The van der Waals surface area contributed by atoms with Gasteiger partial charge < -0.3 is 5.11 Å². The largest absolute Gasteiger partial charge is 0.478 e. The highest BCUT2D eigenvalue weighted by molar-refractivity contribution is 7.99. The lowest BCUT2D eigenvalue weighted by Crippen LogP contribution is -2.27. The van der Waals surface area contributed by atoms with Crippen molar-refractivity contribution in [1.82, 2.24) is 5.43 Å². The summed E-state index contributed by atoms with van der Waals surface area (Å²) in [4.78, 5) is 22.7. The third-order valence-electron chi connectivity index (χ3n) is 3.26. The first-order chi connectivity index (χ1) is 11.6. The molecule has 1 amide bonds. The van der Waals surface area contributed by atoms with Gasteiger partial charge in [0, 0.05) is 5.75 Å². The van der Waals surface area contributed by atoms with Gasteiger partial charge in [-0.15, -0.1) is 11.8 Å². The Hall–Kier alpha value is -2.60. The first kappa shape index (κ1) is 17.7. The average molecular weight is 342 g/mol. The number of hydrogen-bond acceptors (Lipinski definition) is 4. The van der Waals surface area contributed by atoms with Crippen molar-refractivity contribution >= 4 is 29.9 Å². The van der Waals surface area contributed by atoms with Crippen LogP contribution in [0.15, 0.2) is 59.7 Å². The molecule has 0 bridgehead atoms. The summed E-state index contributed by atoms with van der Waals surface area (Å²) < 4.78 is 0. The lowest BCUT2D eigenvalue weighted by atomic mass is 10.1. The standard InChI is InChI=1S/C18H18N2O3S/c1-13(24-12-15-5-3-2-4-6-15)17(21)20-19-11-14-7-9-16(10-8-14)18(22)23/h2-11,13H,12H2,1H3,(H,20,21)(H,22,23)/b19-11-/t13-/m1/s1. The van der Waals surface area contributed by atoms with E-state index < -0.39 is 5.97 Å². The van der Waals surface area contributed by atoms with Crippen molar-refractivity contribution < 1.29 is 14.7 Å². The number of carbonyl (C=O) groups excluding carboxylic acids is 1. The van der Waals surface area contributed by atoms with Gasteiger partial charge in [-0.2, -0.15) is 5.10 Å². The second-order valence-electron chi connectivity index (χ2n) is 5.10. The van der Waals surface area contributed by atoms with Crippen LogP contribution in [-0.2, 0) is 10.5 Å². The van der Waals surface area contributed by atoms with Gasteiger partial charge in [-0.25, -0.2) is 10.2 Å². The zero-order chi connectivity index (χ0) is 17.4. The summed E-state index contributed by atoms with van der Waals surface area (Å²) >= 11 is 1.54. The van der Waals surface area contributed by atoms with Crippen molar-refractivity contribution in [2.24, 2.45) is 5.10 Å². The second-order valence-corrected chi connectivity index (χ2v) is 6.43. The van der Waals surface area contributed by atoms with E-state index in [-0.39, 0.29) is 16.7 Å². The molecule has 0 spiro atoms. The normalized spacial score (nSPS) is 12.0. The first-order valence-corrected chi connectivity index (χ1v) is 8.43. The van der Waals surface area contributed by atoms with Crippen LogP contribution in [0.1, 0.15) is 28.4 Å². The van der Waals surface area contributed by atoms with Gasteiger partial charge in [-0.05, 0) is 30.2 Å². The topological polar surface area (TPSA) is 78.8 Å². The molecule has 2 N–H and O–H groups in total. The molecular formula is C18H18N2O3S. The molecule has 2 aromatic rings. The van der Waals surface area contributed by atoms with E-state index >= 15 is 0 Å². The predicted molar refractivity (Wildman–Crippen MR) is 96.3 cm³/mol. The zero-order valence-electron chi connectivity index (χ0n) is 13.2. The molecule has 0 aromatic heterocycles. The number of nitrogens with one attached hydrogen (secondary N) is 1. The molecule has 0 saturated carbocycles. The van der Waals surface area contributed by atoms with Gasteiger partial charge in [-0.3, -0.25) is 4.79 Å². The number of rotatable bonds is 7. The van der Waals surface area contributed by atoms with E-state index in [1.165, 1.54) is 35.7 Å². The van der Waals surface area contributed by atoms with Crippen LogP contribution in [0.25, 0.3) is 0 Å². The fourth-order valence-corrected chi connectivity index (χ4v) is 2.68. The molecule has 0 aliphatic rings. The van der Waals surface area contributed by atoms with Crippen LogP contribution < -0.4 is 5.43 Å². The minimum Gasteiger partial charge on any atom is -0.478 e. The maximum atomic E-state index is 12.0. The van der Waals surface area contributed by atoms with Crippen molar-refractivity contribution in [3.8, 4) is 0 Å².